The highest BCUT2D eigenvalue weighted by atomic mass is 32.5. The first-order valence-electron chi connectivity index (χ1n) is 33.5. The van der Waals surface area contributed by atoms with E-state index in [1.54, 1.807) is 27.7 Å². The van der Waals surface area contributed by atoms with Gasteiger partial charge in [-0.1, -0.05) is 39.8 Å². The number of aliphatic hydroxyl groups is 1. The number of rotatable bonds is 47. The van der Waals surface area contributed by atoms with Gasteiger partial charge in [-0.25, -0.2) is 0 Å². The molecule has 1 heterocycles. The van der Waals surface area contributed by atoms with Crippen LogP contribution in [0.4, 0.5) is 0 Å². The minimum atomic E-state index is -4.26. The number of aliphatic carboxylic acids is 2. The zero-order valence-electron chi connectivity index (χ0n) is 59.6. The number of benzene rings is 1. The van der Waals surface area contributed by atoms with E-state index in [1.165, 1.54) is 38.1 Å². The van der Waals surface area contributed by atoms with E-state index in [2.05, 4.69) is 75.3 Å². The molecule has 13 atom stereocenters. The zero-order chi connectivity index (χ0) is 80.6. The first-order chi connectivity index (χ1) is 49.3. The summed E-state index contributed by atoms with van der Waals surface area (Å²) in [5.74, 6) is -19.9. The van der Waals surface area contributed by atoms with Gasteiger partial charge in [-0.3, -0.25) is 86.5 Å². The molecule has 28 N–H and O–H groups in total. The Balaban J connectivity index is 2.57. The zero-order valence-corrected chi connectivity index (χ0v) is 61.3. The van der Waals surface area contributed by atoms with Crippen LogP contribution in [0.5, 0.6) is 5.75 Å². The summed E-state index contributed by atoms with van der Waals surface area (Å²) >= 11 is 4.57. The molecule has 1 aromatic rings. The number of nitrogens with two attached hydrogens (primary N) is 6. The SMILES string of the molecule is CC(C)C[C@H](NC(=O)[C@H](Cc1ccc(OP(O)(O)=S)cc1)NC(=O)[C@H](CCC(=O)O)NC(=O)[C@H](C)NC(=O)[C@H](CC(N)=O)NC(=O)[C@H](CCC(=O)O)NC(=O)[C@H](C)N)C(=O)N[C@@H](CCCN=C(N)N)C(=O)N[C@H](C(=O)N[C@@H](C)C(=O)N1CCC[C@H]1C(=O)N[C@@H](CCC(N)=O)C(=O)N[C@@H](CO)C(N)=O)C(C)C. The molecular weight excluding hydrogens is 1440 g/mol. The number of carboxylic acid groups (broad SMARTS) is 2. The van der Waals surface area contributed by atoms with Gasteiger partial charge >= 0.3 is 18.7 Å². The number of hydrogen-bond donors (Lipinski definition) is 22. The molecule has 1 fully saturated rings. The lowest BCUT2D eigenvalue weighted by molar-refractivity contribution is -0.142. The standard InChI is InChI=1S/C62H100N19O23PS/c1-28(2)24-39(57(97)74-35(10-8-22-69-62(67)68)55(95)80-48(29(3)4)60(100)71-32(7)61(101)81-23-9-11-43(81)59(99)75-36(16-19-44(64)83)54(94)79-42(27-82)49(66)89)76-58(98)40(25-33-12-14-34(15-13-33)104-105(102,103)106)77-53(93)38(18-21-47(87)88)73-51(91)31(6)70-56(96)41(26-45(65)84)78-52(92)37(17-20-46(85)86)72-50(90)30(5)63/h12-15,28-32,35-43,48,82H,8-11,16-27,63H2,1-7H3,(H2,64,83)(H2,65,84)(H2,66,89)(H,70,96)(H,71,100)(H,72,90)(H,73,91)(H,74,97)(H,75,99)(H,76,98)(H,77,93)(H,78,92)(H,79,94)(H,80,95)(H,85,86)(H,87,88)(H4,67,68,69)(H2,102,103,106)/t30-,31-,32-,35-,36-,37-,38-,39-,40-,41-,42-,43-,48-/m0/s1. The van der Waals surface area contributed by atoms with Gasteiger partial charge in [0.1, 0.15) is 78.3 Å². The van der Waals surface area contributed by atoms with Crippen molar-refractivity contribution in [3.05, 3.63) is 29.8 Å². The highest BCUT2D eigenvalue weighted by Crippen LogP contribution is 2.38. The van der Waals surface area contributed by atoms with Crippen LogP contribution in [0.15, 0.2) is 29.3 Å². The molecule has 0 spiro atoms. The number of carbonyl (C=O) groups excluding carboxylic acids is 15. The maximum absolute atomic E-state index is 14.8. The maximum Gasteiger partial charge on any atom is 0.375 e. The number of hydrogen-bond acceptors (Lipinski definition) is 22. The van der Waals surface area contributed by atoms with Crippen molar-refractivity contribution >= 4 is 125 Å². The summed E-state index contributed by atoms with van der Waals surface area (Å²) in [5, 5.41) is 54.9. The van der Waals surface area contributed by atoms with Gasteiger partial charge < -0.3 is 127 Å². The van der Waals surface area contributed by atoms with Crippen LogP contribution >= 0.6 is 6.72 Å². The molecule has 0 aromatic heterocycles. The number of nitrogens with zero attached hydrogens (tertiary/aromatic N) is 2. The van der Waals surface area contributed by atoms with Gasteiger partial charge in [0.15, 0.2) is 5.96 Å². The van der Waals surface area contributed by atoms with Crippen molar-refractivity contribution in [1.29, 1.82) is 0 Å². The molecule has 15 amide bonds. The van der Waals surface area contributed by atoms with E-state index in [-0.39, 0.29) is 68.9 Å². The molecule has 2 rings (SSSR count). The van der Waals surface area contributed by atoms with Gasteiger partial charge in [0.25, 0.3) is 0 Å². The number of carboxylic acids is 2. The second-order valence-corrected chi connectivity index (χ2v) is 28.4. The van der Waals surface area contributed by atoms with Crippen molar-refractivity contribution < 1.29 is 111 Å². The Kier molecular flexibility index (Phi) is 38.6. The van der Waals surface area contributed by atoms with E-state index in [1.807, 2.05) is 0 Å². The molecule has 0 unspecified atom stereocenters. The number of carbonyl (C=O) groups is 17. The van der Waals surface area contributed by atoms with Gasteiger partial charge in [0.05, 0.1) is 19.1 Å². The van der Waals surface area contributed by atoms with Crippen molar-refractivity contribution in [2.45, 2.75) is 210 Å². The van der Waals surface area contributed by atoms with E-state index < -0.39 is 249 Å². The van der Waals surface area contributed by atoms with E-state index in [9.17, 15) is 107 Å². The van der Waals surface area contributed by atoms with Gasteiger partial charge in [-0.2, -0.15) is 0 Å². The van der Waals surface area contributed by atoms with E-state index in [0.717, 1.165) is 11.8 Å². The van der Waals surface area contributed by atoms with Gasteiger partial charge in [-0.05, 0) is 102 Å². The molecule has 106 heavy (non-hydrogen) atoms. The van der Waals surface area contributed by atoms with Crippen molar-refractivity contribution in [3.8, 4) is 5.75 Å². The lowest BCUT2D eigenvalue weighted by atomic mass is 9.99. The fourth-order valence-electron chi connectivity index (χ4n) is 10.3. The largest absolute Gasteiger partial charge is 0.481 e. The van der Waals surface area contributed by atoms with E-state index in [4.69, 9.17) is 38.9 Å². The molecule has 1 aliphatic heterocycles. The molecule has 1 saturated heterocycles. The molecule has 0 radical (unpaired) electrons. The van der Waals surface area contributed by atoms with Crippen LogP contribution in [0.3, 0.4) is 0 Å². The minimum absolute atomic E-state index is 0.00231. The van der Waals surface area contributed by atoms with Crippen LogP contribution in [0, 0.1) is 11.8 Å². The molecule has 1 aromatic carbocycles. The van der Waals surface area contributed by atoms with Gasteiger partial charge in [-0.15, -0.1) is 0 Å². The minimum Gasteiger partial charge on any atom is -0.481 e. The van der Waals surface area contributed by atoms with Gasteiger partial charge in [0, 0.05) is 50.6 Å². The summed E-state index contributed by atoms with van der Waals surface area (Å²) in [7, 11) is 0. The second-order valence-electron chi connectivity index (χ2n) is 25.8. The maximum atomic E-state index is 14.8. The van der Waals surface area contributed by atoms with Crippen LogP contribution in [-0.2, 0) is 99.7 Å². The Morgan fingerprint density at radius 1 is 0.547 bits per heavy atom. The first kappa shape index (κ1) is 91.9. The van der Waals surface area contributed by atoms with Crippen molar-refractivity contribution in [3.63, 3.8) is 0 Å². The predicted molar refractivity (Wildman–Crippen MR) is 377 cm³/mol. The Hall–Kier alpha value is -10.2. The summed E-state index contributed by atoms with van der Waals surface area (Å²) < 4.78 is 5.00. The highest BCUT2D eigenvalue weighted by Gasteiger charge is 2.41. The van der Waals surface area contributed by atoms with E-state index >= 15 is 0 Å². The van der Waals surface area contributed by atoms with E-state index in [0.29, 0.717) is 0 Å². The Morgan fingerprint density at radius 2 is 1.00 bits per heavy atom. The number of likely N-dealkylation sites (tertiary alicyclic amines) is 1. The smallest absolute Gasteiger partial charge is 0.375 e. The number of aliphatic hydroxyl groups excluding tert-OH is 1. The number of aliphatic imine (C=N–C) groups is 1. The third-order valence-electron chi connectivity index (χ3n) is 15.9. The quantitative estimate of drug-likeness (QED) is 0.0125. The summed E-state index contributed by atoms with van der Waals surface area (Å²) in [4.78, 5) is 251. The van der Waals surface area contributed by atoms with Crippen LogP contribution in [0.2, 0.25) is 0 Å². The monoisotopic (exact) mass is 1540 g/mol. The Bertz CT molecular complexity index is 3410. The number of nitrogens with one attached hydrogen (secondary N) is 11. The third kappa shape index (κ3) is 33.7. The topological polar surface area (TPSA) is 705 Å². The average Bonchev–Trinajstić information content (AvgIpc) is 1.62. The summed E-state index contributed by atoms with van der Waals surface area (Å²) in [6.07, 6.45) is -4.81. The lowest BCUT2D eigenvalue weighted by Gasteiger charge is -2.30. The summed E-state index contributed by atoms with van der Waals surface area (Å²) in [6, 6.07) is -15.1. The Morgan fingerprint density at radius 3 is 1.49 bits per heavy atom. The van der Waals surface area contributed by atoms with Crippen LogP contribution in [0.25, 0.3) is 0 Å². The molecule has 44 heteroatoms. The second kappa shape index (κ2) is 44.5. The average molecular weight is 1540 g/mol. The number of amides is 15. The fourth-order valence-corrected chi connectivity index (χ4v) is 11.0. The molecule has 0 saturated carbocycles. The molecule has 1 aliphatic rings. The lowest BCUT2D eigenvalue weighted by Crippen LogP contribution is -2.61. The van der Waals surface area contributed by atoms with Crippen LogP contribution in [0.1, 0.15) is 131 Å². The Labute approximate surface area is 614 Å². The first-order valence-corrected chi connectivity index (χ1v) is 36.2. The molecule has 0 bridgehead atoms. The van der Waals surface area contributed by atoms with Crippen molar-refractivity contribution in [2.75, 3.05) is 19.7 Å². The normalized spacial score (nSPS) is 16.0. The third-order valence-corrected chi connectivity index (χ3v) is 16.5. The summed E-state index contributed by atoms with van der Waals surface area (Å²) in [6.45, 7) is 4.82. The fraction of sp³-hybridized carbons (Fsp3) is 0.613. The van der Waals surface area contributed by atoms with Crippen LogP contribution in [-0.4, -0.2) is 235 Å². The molecule has 0 aliphatic carbocycles. The van der Waals surface area contributed by atoms with Gasteiger partial charge in [0.2, 0.25) is 88.6 Å². The number of primary amides is 3. The van der Waals surface area contributed by atoms with Crippen molar-refractivity contribution in [1.82, 2.24) is 63.4 Å². The van der Waals surface area contributed by atoms with Crippen molar-refractivity contribution in [2.24, 2.45) is 51.2 Å². The predicted octanol–water partition coefficient (Wildman–Crippen LogP) is -8.37. The summed E-state index contributed by atoms with van der Waals surface area (Å²) in [5.41, 5.74) is 32.8. The molecular formula is C62H100N19O23PS. The highest BCUT2D eigenvalue weighted by molar-refractivity contribution is 8.06. The molecule has 42 nitrogen and oxygen atoms in total. The van der Waals surface area contributed by atoms with Crippen LogP contribution < -0.4 is 97.4 Å². The number of guanidine groups is 1. The molecule has 592 valence electrons.